The first kappa shape index (κ1) is 9.46. The quantitative estimate of drug-likeness (QED) is 0.819. The van der Waals surface area contributed by atoms with Crippen molar-refractivity contribution < 1.29 is 0 Å². The Bertz CT molecular complexity index is 287. The molecule has 1 aliphatic rings. The van der Waals surface area contributed by atoms with Crippen LogP contribution in [-0.4, -0.2) is 24.0 Å². The summed E-state index contributed by atoms with van der Waals surface area (Å²) in [5.41, 5.74) is 7.13. The molecule has 2 nitrogen and oxygen atoms in total. The Kier molecular flexibility index (Phi) is 2.89. The average Bonchev–Trinajstić information content (AvgIpc) is 2.62. The summed E-state index contributed by atoms with van der Waals surface area (Å²) in [7, 11) is 0. The summed E-state index contributed by atoms with van der Waals surface area (Å²) in [6.45, 7) is 3.14. The molecule has 0 aliphatic carbocycles. The Balaban J connectivity index is 1.91. The second-order valence-corrected chi connectivity index (χ2v) is 5.09. The number of halogens is 1. The molecule has 1 saturated heterocycles. The average molecular weight is 217 g/mol. The molecule has 4 heteroatoms. The van der Waals surface area contributed by atoms with Gasteiger partial charge in [-0.1, -0.05) is 11.6 Å². The lowest BCUT2D eigenvalue weighted by atomic mass is 10.3. The van der Waals surface area contributed by atoms with E-state index in [-0.39, 0.29) is 0 Å². The van der Waals surface area contributed by atoms with Crippen molar-refractivity contribution in [1.29, 1.82) is 0 Å². The van der Waals surface area contributed by atoms with Gasteiger partial charge in [0.2, 0.25) is 0 Å². The summed E-state index contributed by atoms with van der Waals surface area (Å²) in [6.07, 6.45) is 1.12. The third kappa shape index (κ3) is 2.44. The van der Waals surface area contributed by atoms with Gasteiger partial charge >= 0.3 is 0 Å². The Morgan fingerprint density at radius 2 is 2.54 bits per heavy atom. The highest BCUT2D eigenvalue weighted by Gasteiger charge is 2.18. The van der Waals surface area contributed by atoms with E-state index in [0.29, 0.717) is 6.04 Å². The maximum atomic E-state index is 5.85. The minimum Gasteiger partial charge on any atom is -0.326 e. The van der Waals surface area contributed by atoms with Crippen molar-refractivity contribution >= 4 is 22.9 Å². The normalized spacial score (nSPS) is 24.0. The number of likely N-dealkylation sites (tertiary alicyclic amines) is 1. The van der Waals surface area contributed by atoms with E-state index in [2.05, 4.69) is 10.3 Å². The molecule has 0 aromatic carbocycles. The Labute approximate surface area is 87.3 Å². The highest BCUT2D eigenvalue weighted by atomic mass is 35.5. The van der Waals surface area contributed by atoms with E-state index in [0.717, 1.165) is 30.4 Å². The van der Waals surface area contributed by atoms with Crippen LogP contribution in [-0.2, 0) is 6.54 Å². The fourth-order valence-corrected chi connectivity index (χ4v) is 2.59. The van der Waals surface area contributed by atoms with Gasteiger partial charge in [-0.05, 0) is 23.4 Å². The summed E-state index contributed by atoms with van der Waals surface area (Å²) >= 11 is 7.45. The highest BCUT2D eigenvalue weighted by Crippen LogP contribution is 2.22. The van der Waals surface area contributed by atoms with E-state index < -0.39 is 0 Å². The number of nitrogens with two attached hydrogens (primary N) is 1. The van der Waals surface area contributed by atoms with Gasteiger partial charge in [0.1, 0.15) is 0 Å². The smallest absolute Gasteiger partial charge is 0.0931 e. The number of hydrogen-bond donors (Lipinski definition) is 1. The summed E-state index contributed by atoms with van der Waals surface area (Å²) in [4.78, 5) is 2.38. The molecule has 0 spiro atoms. The van der Waals surface area contributed by atoms with E-state index in [4.69, 9.17) is 17.3 Å². The van der Waals surface area contributed by atoms with Gasteiger partial charge in [0, 0.05) is 25.7 Å². The molecule has 0 saturated carbocycles. The summed E-state index contributed by atoms with van der Waals surface area (Å²) < 4.78 is 0.874. The first-order chi connectivity index (χ1) is 6.24. The van der Waals surface area contributed by atoms with E-state index in [1.807, 2.05) is 6.07 Å². The zero-order valence-electron chi connectivity index (χ0n) is 7.37. The second kappa shape index (κ2) is 3.96. The monoisotopic (exact) mass is 216 g/mol. The Morgan fingerprint density at radius 3 is 3.08 bits per heavy atom. The van der Waals surface area contributed by atoms with Crippen molar-refractivity contribution in [3.05, 3.63) is 21.3 Å². The largest absolute Gasteiger partial charge is 0.326 e. The van der Waals surface area contributed by atoms with Crippen molar-refractivity contribution in [2.45, 2.75) is 19.0 Å². The molecule has 1 fully saturated rings. The minimum atomic E-state index is 0.370. The molecular formula is C9H13ClN2S. The molecule has 2 rings (SSSR count). The van der Waals surface area contributed by atoms with Gasteiger partial charge in [0.05, 0.1) is 4.34 Å². The first-order valence-electron chi connectivity index (χ1n) is 4.45. The molecular weight excluding hydrogens is 204 g/mol. The third-order valence-electron chi connectivity index (χ3n) is 2.34. The van der Waals surface area contributed by atoms with Gasteiger partial charge in [-0.3, -0.25) is 4.90 Å². The summed E-state index contributed by atoms with van der Waals surface area (Å²) in [5, 5.41) is 2.12. The molecule has 72 valence electrons. The molecule has 2 N–H and O–H groups in total. The summed E-state index contributed by atoms with van der Waals surface area (Å²) in [6, 6.07) is 2.41. The lowest BCUT2D eigenvalue weighted by Crippen LogP contribution is -2.26. The van der Waals surface area contributed by atoms with Crippen LogP contribution in [0.2, 0.25) is 4.34 Å². The zero-order valence-corrected chi connectivity index (χ0v) is 8.94. The van der Waals surface area contributed by atoms with Crippen molar-refractivity contribution in [2.24, 2.45) is 5.73 Å². The fourth-order valence-electron chi connectivity index (χ4n) is 1.69. The fraction of sp³-hybridized carbons (Fsp3) is 0.556. The predicted octanol–water partition coefficient (Wildman–Crippen LogP) is 1.93. The van der Waals surface area contributed by atoms with Crippen LogP contribution < -0.4 is 5.73 Å². The van der Waals surface area contributed by atoms with Crippen LogP contribution in [0, 0.1) is 0 Å². The number of rotatable bonds is 2. The Hall–Kier alpha value is -0.0900. The van der Waals surface area contributed by atoms with Crippen LogP contribution in [0.4, 0.5) is 0 Å². The van der Waals surface area contributed by atoms with Crippen LogP contribution in [0.3, 0.4) is 0 Å². The van der Waals surface area contributed by atoms with E-state index >= 15 is 0 Å². The molecule has 1 aliphatic heterocycles. The molecule has 0 bridgehead atoms. The SMILES string of the molecule is N[C@H]1CCN(Cc2csc(Cl)c2)C1. The predicted molar refractivity (Wildman–Crippen MR) is 57.2 cm³/mol. The third-order valence-corrected chi connectivity index (χ3v) is 3.48. The molecule has 0 unspecified atom stereocenters. The van der Waals surface area contributed by atoms with E-state index in [9.17, 15) is 0 Å². The van der Waals surface area contributed by atoms with Crippen LogP contribution >= 0.6 is 22.9 Å². The molecule has 1 aromatic heterocycles. The lowest BCUT2D eigenvalue weighted by molar-refractivity contribution is 0.327. The molecule has 1 atom stereocenters. The van der Waals surface area contributed by atoms with Crippen LogP contribution in [0.25, 0.3) is 0 Å². The van der Waals surface area contributed by atoms with Gasteiger partial charge in [0.15, 0.2) is 0 Å². The lowest BCUT2D eigenvalue weighted by Gasteiger charge is -2.13. The topological polar surface area (TPSA) is 29.3 Å². The standard InChI is InChI=1S/C9H13ClN2S/c10-9-3-7(6-13-9)4-12-2-1-8(11)5-12/h3,6,8H,1-2,4-5,11H2/t8-/m0/s1. The zero-order chi connectivity index (χ0) is 9.26. The van der Waals surface area contributed by atoms with Crippen molar-refractivity contribution in [1.82, 2.24) is 4.90 Å². The highest BCUT2D eigenvalue weighted by molar-refractivity contribution is 7.14. The first-order valence-corrected chi connectivity index (χ1v) is 5.70. The molecule has 0 amide bonds. The van der Waals surface area contributed by atoms with Gasteiger partial charge in [0.25, 0.3) is 0 Å². The van der Waals surface area contributed by atoms with Gasteiger partial charge in [-0.15, -0.1) is 11.3 Å². The van der Waals surface area contributed by atoms with Gasteiger partial charge in [-0.25, -0.2) is 0 Å². The summed E-state index contributed by atoms with van der Waals surface area (Å²) in [5.74, 6) is 0. The van der Waals surface area contributed by atoms with Crippen molar-refractivity contribution in [3.8, 4) is 0 Å². The van der Waals surface area contributed by atoms with Crippen LogP contribution in [0.1, 0.15) is 12.0 Å². The molecule has 13 heavy (non-hydrogen) atoms. The minimum absolute atomic E-state index is 0.370. The van der Waals surface area contributed by atoms with Crippen LogP contribution in [0.5, 0.6) is 0 Å². The molecule has 2 heterocycles. The maximum absolute atomic E-state index is 5.85. The second-order valence-electron chi connectivity index (χ2n) is 3.54. The van der Waals surface area contributed by atoms with E-state index in [1.54, 1.807) is 11.3 Å². The Morgan fingerprint density at radius 1 is 1.69 bits per heavy atom. The van der Waals surface area contributed by atoms with Gasteiger partial charge < -0.3 is 5.73 Å². The van der Waals surface area contributed by atoms with Gasteiger partial charge in [-0.2, -0.15) is 0 Å². The number of nitrogens with zero attached hydrogens (tertiary/aromatic N) is 1. The maximum Gasteiger partial charge on any atom is 0.0931 e. The van der Waals surface area contributed by atoms with Crippen molar-refractivity contribution in [2.75, 3.05) is 13.1 Å². The van der Waals surface area contributed by atoms with E-state index in [1.165, 1.54) is 5.56 Å². The number of hydrogen-bond acceptors (Lipinski definition) is 3. The molecule has 1 aromatic rings. The molecule has 0 radical (unpaired) electrons. The van der Waals surface area contributed by atoms with Crippen molar-refractivity contribution in [3.63, 3.8) is 0 Å². The number of thiophene rings is 1. The van der Waals surface area contributed by atoms with Crippen LogP contribution in [0.15, 0.2) is 11.4 Å².